The average molecular weight is 374 g/mol. The van der Waals surface area contributed by atoms with E-state index in [4.69, 9.17) is 11.6 Å². The van der Waals surface area contributed by atoms with Crippen LogP contribution in [0.2, 0.25) is 5.02 Å². The van der Waals surface area contributed by atoms with Gasteiger partial charge in [0.15, 0.2) is 0 Å². The molecule has 1 atom stereocenters. The molecule has 2 aromatic carbocycles. The lowest BCUT2D eigenvalue weighted by molar-refractivity contribution is -0.384. The zero-order chi connectivity index (χ0) is 18.7. The van der Waals surface area contributed by atoms with Gasteiger partial charge >= 0.3 is 0 Å². The number of piperidine rings is 1. The van der Waals surface area contributed by atoms with E-state index in [2.05, 4.69) is 17.1 Å². The van der Waals surface area contributed by atoms with Crippen molar-refractivity contribution in [3.63, 3.8) is 0 Å². The molecule has 0 aromatic heterocycles. The first-order valence-electron chi connectivity index (χ1n) is 8.57. The average Bonchev–Trinajstić information content (AvgIpc) is 2.63. The number of carbonyl (C=O) groups excluding carboxylic acids is 1. The number of hydrogen-bond donors (Lipinski definition) is 1. The molecule has 1 fully saturated rings. The Bertz CT molecular complexity index is 823. The maximum absolute atomic E-state index is 12.4. The Labute approximate surface area is 156 Å². The standard InChI is InChI=1S/C19H20ClN3O3/c1-13-4-2-3-11-22(13)15-7-5-14(6-8-15)21-19(24)17-12-16(23(25)26)9-10-18(17)20/h5-10,12-13H,2-4,11H2,1H3,(H,21,24)/t13-/m1/s1. The summed E-state index contributed by atoms with van der Waals surface area (Å²) < 4.78 is 0. The number of anilines is 2. The summed E-state index contributed by atoms with van der Waals surface area (Å²) in [4.78, 5) is 25.1. The number of hydrogen-bond acceptors (Lipinski definition) is 4. The molecule has 1 N–H and O–H groups in total. The topological polar surface area (TPSA) is 75.5 Å². The first-order chi connectivity index (χ1) is 12.5. The fraction of sp³-hybridized carbons (Fsp3) is 0.316. The third-order valence-corrected chi connectivity index (χ3v) is 4.99. The summed E-state index contributed by atoms with van der Waals surface area (Å²) in [5, 5.41) is 13.8. The molecule has 1 aliphatic heterocycles. The maximum atomic E-state index is 12.4. The van der Waals surface area contributed by atoms with Crippen molar-refractivity contribution in [1.29, 1.82) is 0 Å². The van der Waals surface area contributed by atoms with Gasteiger partial charge in [0.25, 0.3) is 11.6 Å². The summed E-state index contributed by atoms with van der Waals surface area (Å²) >= 11 is 6.01. The normalized spacial score (nSPS) is 17.0. The van der Waals surface area contributed by atoms with E-state index in [1.54, 1.807) is 0 Å². The Morgan fingerprint density at radius 2 is 1.96 bits per heavy atom. The van der Waals surface area contributed by atoms with Gasteiger partial charge in [-0.05, 0) is 56.5 Å². The molecule has 0 bridgehead atoms. The van der Waals surface area contributed by atoms with E-state index in [1.165, 1.54) is 37.5 Å². The number of halogens is 1. The summed E-state index contributed by atoms with van der Waals surface area (Å²) in [6.07, 6.45) is 3.63. The molecule has 1 heterocycles. The first kappa shape index (κ1) is 18.2. The molecule has 136 valence electrons. The van der Waals surface area contributed by atoms with E-state index in [0.29, 0.717) is 11.7 Å². The van der Waals surface area contributed by atoms with Crippen LogP contribution in [0.25, 0.3) is 0 Å². The number of nitro groups is 1. The molecule has 0 saturated carbocycles. The Morgan fingerprint density at radius 3 is 2.62 bits per heavy atom. The highest BCUT2D eigenvalue weighted by molar-refractivity contribution is 6.34. The van der Waals surface area contributed by atoms with Gasteiger partial charge in [-0.1, -0.05) is 11.6 Å². The van der Waals surface area contributed by atoms with Crippen LogP contribution in [0.1, 0.15) is 36.5 Å². The van der Waals surface area contributed by atoms with Crippen LogP contribution in [-0.4, -0.2) is 23.4 Å². The van der Waals surface area contributed by atoms with Crippen molar-refractivity contribution in [2.24, 2.45) is 0 Å². The highest BCUT2D eigenvalue weighted by atomic mass is 35.5. The highest BCUT2D eigenvalue weighted by Crippen LogP contribution is 2.27. The van der Waals surface area contributed by atoms with E-state index in [0.717, 1.165) is 12.2 Å². The molecule has 0 aliphatic carbocycles. The van der Waals surface area contributed by atoms with Gasteiger partial charge in [-0.15, -0.1) is 0 Å². The third kappa shape index (κ3) is 3.96. The van der Waals surface area contributed by atoms with Crippen LogP contribution in [0.4, 0.5) is 17.1 Å². The zero-order valence-corrected chi connectivity index (χ0v) is 15.2. The number of carbonyl (C=O) groups is 1. The number of nitrogens with zero attached hydrogens (tertiary/aromatic N) is 2. The van der Waals surface area contributed by atoms with Crippen LogP contribution >= 0.6 is 11.6 Å². The summed E-state index contributed by atoms with van der Waals surface area (Å²) in [6.45, 7) is 3.26. The molecular formula is C19H20ClN3O3. The molecule has 6 nitrogen and oxygen atoms in total. The molecular weight excluding hydrogens is 354 g/mol. The smallest absolute Gasteiger partial charge is 0.270 e. The monoisotopic (exact) mass is 373 g/mol. The number of benzene rings is 2. The van der Waals surface area contributed by atoms with E-state index in [1.807, 2.05) is 24.3 Å². The second-order valence-electron chi connectivity index (χ2n) is 6.46. The van der Waals surface area contributed by atoms with Crippen molar-refractivity contribution >= 4 is 34.6 Å². The van der Waals surface area contributed by atoms with E-state index < -0.39 is 10.8 Å². The first-order valence-corrected chi connectivity index (χ1v) is 8.95. The van der Waals surface area contributed by atoms with Crippen LogP contribution in [0, 0.1) is 10.1 Å². The molecule has 0 radical (unpaired) electrons. The molecule has 0 spiro atoms. The Morgan fingerprint density at radius 1 is 1.23 bits per heavy atom. The summed E-state index contributed by atoms with van der Waals surface area (Å²) in [5.41, 5.74) is 1.65. The maximum Gasteiger partial charge on any atom is 0.270 e. The lowest BCUT2D eigenvalue weighted by Crippen LogP contribution is -2.37. The van der Waals surface area contributed by atoms with E-state index >= 15 is 0 Å². The van der Waals surface area contributed by atoms with Gasteiger partial charge in [0, 0.05) is 36.1 Å². The fourth-order valence-electron chi connectivity index (χ4n) is 3.22. The van der Waals surface area contributed by atoms with Gasteiger partial charge in [-0.2, -0.15) is 0 Å². The van der Waals surface area contributed by atoms with Crippen molar-refractivity contribution < 1.29 is 9.72 Å². The predicted molar refractivity (Wildman–Crippen MR) is 103 cm³/mol. The fourth-order valence-corrected chi connectivity index (χ4v) is 3.42. The number of amides is 1. The number of nitro benzene ring substituents is 1. The highest BCUT2D eigenvalue weighted by Gasteiger charge is 2.19. The minimum absolute atomic E-state index is 0.0783. The Balaban J connectivity index is 1.74. The summed E-state index contributed by atoms with van der Waals surface area (Å²) in [5.74, 6) is -0.474. The predicted octanol–water partition coefficient (Wildman–Crippen LogP) is 4.88. The van der Waals surface area contributed by atoms with Gasteiger partial charge in [-0.25, -0.2) is 0 Å². The zero-order valence-electron chi connectivity index (χ0n) is 14.4. The lowest BCUT2D eigenvalue weighted by Gasteiger charge is -2.35. The Kier molecular flexibility index (Phi) is 5.42. The van der Waals surface area contributed by atoms with Crippen LogP contribution in [-0.2, 0) is 0 Å². The third-order valence-electron chi connectivity index (χ3n) is 4.67. The molecule has 1 saturated heterocycles. The summed E-state index contributed by atoms with van der Waals surface area (Å²) in [7, 11) is 0. The van der Waals surface area contributed by atoms with Crippen molar-refractivity contribution in [2.75, 3.05) is 16.8 Å². The molecule has 1 amide bonds. The molecule has 1 aliphatic rings. The second-order valence-corrected chi connectivity index (χ2v) is 6.87. The number of rotatable bonds is 4. The lowest BCUT2D eigenvalue weighted by atomic mass is 10.0. The number of non-ortho nitro benzene ring substituents is 1. The van der Waals surface area contributed by atoms with Gasteiger partial charge in [0.1, 0.15) is 0 Å². The van der Waals surface area contributed by atoms with E-state index in [-0.39, 0.29) is 16.3 Å². The van der Waals surface area contributed by atoms with Gasteiger partial charge in [0.2, 0.25) is 0 Å². The largest absolute Gasteiger partial charge is 0.369 e. The minimum Gasteiger partial charge on any atom is -0.369 e. The quantitative estimate of drug-likeness (QED) is 0.612. The van der Waals surface area contributed by atoms with Gasteiger partial charge in [-0.3, -0.25) is 14.9 Å². The molecule has 26 heavy (non-hydrogen) atoms. The molecule has 7 heteroatoms. The number of nitrogens with one attached hydrogen (secondary N) is 1. The van der Waals surface area contributed by atoms with Gasteiger partial charge < -0.3 is 10.2 Å². The second kappa shape index (κ2) is 7.74. The SMILES string of the molecule is C[C@@H]1CCCCN1c1ccc(NC(=O)c2cc([N+](=O)[O-])ccc2Cl)cc1. The molecule has 2 aromatic rings. The van der Waals surface area contributed by atoms with Crippen molar-refractivity contribution in [3.05, 3.63) is 63.2 Å². The minimum atomic E-state index is -0.554. The van der Waals surface area contributed by atoms with Gasteiger partial charge in [0.05, 0.1) is 15.5 Å². The van der Waals surface area contributed by atoms with Crippen LogP contribution in [0.3, 0.4) is 0 Å². The van der Waals surface area contributed by atoms with Crippen LogP contribution < -0.4 is 10.2 Å². The Hall–Kier alpha value is -2.60. The van der Waals surface area contributed by atoms with Crippen molar-refractivity contribution in [3.8, 4) is 0 Å². The van der Waals surface area contributed by atoms with Crippen molar-refractivity contribution in [1.82, 2.24) is 0 Å². The molecule has 0 unspecified atom stereocenters. The summed E-state index contributed by atoms with van der Waals surface area (Å²) in [6, 6.07) is 11.9. The van der Waals surface area contributed by atoms with Crippen LogP contribution in [0.5, 0.6) is 0 Å². The van der Waals surface area contributed by atoms with Crippen LogP contribution in [0.15, 0.2) is 42.5 Å². The molecule has 3 rings (SSSR count). The van der Waals surface area contributed by atoms with Crippen molar-refractivity contribution in [2.45, 2.75) is 32.2 Å². The van der Waals surface area contributed by atoms with E-state index in [9.17, 15) is 14.9 Å².